The molecule has 0 fully saturated rings. The van der Waals surface area contributed by atoms with Crippen molar-refractivity contribution < 1.29 is 15.1 Å². The van der Waals surface area contributed by atoms with E-state index in [1.165, 1.54) is 0 Å². The summed E-state index contributed by atoms with van der Waals surface area (Å²) in [5.74, 6) is 4.37. The molecule has 0 radical (unpaired) electrons. The Labute approximate surface area is 35.1 Å². The lowest BCUT2D eigenvalue weighted by Gasteiger charge is -1.98. The third-order valence-corrected chi connectivity index (χ3v) is 0.313. The molecule has 0 aromatic heterocycles. The van der Waals surface area contributed by atoms with Gasteiger partial charge in [0.05, 0.1) is 6.61 Å². The van der Waals surface area contributed by atoms with Gasteiger partial charge in [0, 0.05) is 0 Å². The molecular formula is C2H7NO3. The van der Waals surface area contributed by atoms with Crippen LogP contribution in [0.4, 0.5) is 0 Å². The van der Waals surface area contributed by atoms with Gasteiger partial charge in [-0.25, -0.2) is 5.90 Å². The molecule has 4 nitrogen and oxygen atoms in total. The second-order valence-corrected chi connectivity index (χ2v) is 0.773. The fourth-order valence-electron chi connectivity index (χ4n) is 0.0430. The van der Waals surface area contributed by atoms with Gasteiger partial charge < -0.3 is 10.2 Å². The lowest BCUT2D eigenvalue weighted by molar-refractivity contribution is -0.126. The Morgan fingerprint density at radius 2 is 2.33 bits per heavy atom. The van der Waals surface area contributed by atoms with Crippen molar-refractivity contribution >= 4 is 0 Å². The zero-order valence-electron chi connectivity index (χ0n) is 3.16. The lowest BCUT2D eigenvalue weighted by atomic mass is 10.7. The van der Waals surface area contributed by atoms with Gasteiger partial charge in [-0.2, -0.15) is 0 Å². The SMILES string of the molecule is NOC(O)CO. The molecule has 0 aliphatic rings. The fraction of sp³-hybridized carbons (Fsp3) is 1.00. The summed E-state index contributed by atoms with van der Waals surface area (Å²) in [5, 5.41) is 15.9. The highest BCUT2D eigenvalue weighted by Gasteiger charge is 1.93. The van der Waals surface area contributed by atoms with Crippen LogP contribution in [0.25, 0.3) is 0 Å². The van der Waals surface area contributed by atoms with E-state index >= 15 is 0 Å². The summed E-state index contributed by atoms with van der Waals surface area (Å²) < 4.78 is 0. The Kier molecular flexibility index (Phi) is 2.97. The quantitative estimate of drug-likeness (QED) is 0.278. The number of hydrogen-bond acceptors (Lipinski definition) is 4. The van der Waals surface area contributed by atoms with Gasteiger partial charge in [-0.3, -0.25) is 4.84 Å². The van der Waals surface area contributed by atoms with Gasteiger partial charge in [0.2, 0.25) is 0 Å². The zero-order valence-corrected chi connectivity index (χ0v) is 3.16. The normalized spacial score (nSPS) is 14.5. The van der Waals surface area contributed by atoms with E-state index in [9.17, 15) is 0 Å². The average Bonchev–Trinajstić information content (AvgIpc) is 1.65. The molecule has 0 aromatic carbocycles. The number of aliphatic hydroxyl groups is 2. The van der Waals surface area contributed by atoms with Crippen LogP contribution in [0.2, 0.25) is 0 Å². The molecule has 0 spiro atoms. The molecule has 4 N–H and O–H groups in total. The summed E-state index contributed by atoms with van der Waals surface area (Å²) in [6, 6.07) is 0. The first-order valence-electron chi connectivity index (χ1n) is 1.45. The smallest absolute Gasteiger partial charge is 0.197 e. The van der Waals surface area contributed by atoms with Crippen LogP contribution in [-0.2, 0) is 4.84 Å². The van der Waals surface area contributed by atoms with Crippen molar-refractivity contribution in [2.24, 2.45) is 5.90 Å². The molecule has 0 aliphatic carbocycles. The largest absolute Gasteiger partial charge is 0.391 e. The second-order valence-electron chi connectivity index (χ2n) is 0.773. The van der Waals surface area contributed by atoms with Crippen LogP contribution in [0.15, 0.2) is 0 Å². The molecule has 6 heavy (non-hydrogen) atoms. The molecule has 0 aliphatic heterocycles. The Balaban J connectivity index is 2.75. The van der Waals surface area contributed by atoms with E-state index in [1.807, 2.05) is 0 Å². The highest BCUT2D eigenvalue weighted by atomic mass is 16.7. The second kappa shape index (κ2) is 3.05. The maximum Gasteiger partial charge on any atom is 0.197 e. The van der Waals surface area contributed by atoms with Gasteiger partial charge in [-0.05, 0) is 0 Å². The topological polar surface area (TPSA) is 75.7 Å². The number of nitrogens with two attached hydrogens (primary N) is 1. The lowest BCUT2D eigenvalue weighted by Crippen LogP contribution is -2.19. The maximum absolute atomic E-state index is 8.07. The van der Waals surface area contributed by atoms with E-state index in [0.29, 0.717) is 0 Å². The van der Waals surface area contributed by atoms with E-state index in [2.05, 4.69) is 10.7 Å². The zero-order chi connectivity index (χ0) is 4.99. The van der Waals surface area contributed by atoms with Gasteiger partial charge in [0.15, 0.2) is 6.29 Å². The molecule has 0 amide bonds. The Hall–Kier alpha value is -0.160. The van der Waals surface area contributed by atoms with Crippen LogP contribution in [-0.4, -0.2) is 23.1 Å². The van der Waals surface area contributed by atoms with Crippen molar-refractivity contribution in [2.45, 2.75) is 6.29 Å². The van der Waals surface area contributed by atoms with Gasteiger partial charge in [-0.1, -0.05) is 0 Å². The number of rotatable bonds is 2. The molecule has 4 heteroatoms. The third-order valence-electron chi connectivity index (χ3n) is 0.313. The summed E-state index contributed by atoms with van der Waals surface area (Å²) >= 11 is 0. The first-order valence-corrected chi connectivity index (χ1v) is 1.45. The first-order chi connectivity index (χ1) is 2.81. The molecule has 0 bridgehead atoms. The van der Waals surface area contributed by atoms with Crippen LogP contribution in [0, 0.1) is 0 Å². The van der Waals surface area contributed by atoms with Gasteiger partial charge >= 0.3 is 0 Å². The van der Waals surface area contributed by atoms with E-state index < -0.39 is 12.9 Å². The predicted octanol–water partition coefficient (Wildman–Crippen LogP) is -1.81. The van der Waals surface area contributed by atoms with E-state index in [1.54, 1.807) is 0 Å². The van der Waals surface area contributed by atoms with E-state index in [-0.39, 0.29) is 0 Å². The predicted molar refractivity (Wildman–Crippen MR) is 18.4 cm³/mol. The Bertz CT molecular complexity index is 28.0. The molecule has 0 saturated carbocycles. The maximum atomic E-state index is 8.07. The summed E-state index contributed by atoms with van der Waals surface area (Å²) in [6.45, 7) is -0.462. The van der Waals surface area contributed by atoms with Crippen molar-refractivity contribution in [1.29, 1.82) is 0 Å². The number of aliphatic hydroxyl groups excluding tert-OH is 2. The minimum Gasteiger partial charge on any atom is -0.391 e. The molecule has 1 atom stereocenters. The van der Waals surface area contributed by atoms with Crippen molar-refractivity contribution in [3.63, 3.8) is 0 Å². The average molecular weight is 93.1 g/mol. The molecule has 0 aromatic rings. The monoisotopic (exact) mass is 93.0 g/mol. The molecular weight excluding hydrogens is 86.0 g/mol. The standard InChI is InChI=1S/C2H7NO3/c3-6-2(5)1-4/h2,4-5H,1,3H2. The molecule has 0 heterocycles. The number of hydrogen-bond donors (Lipinski definition) is 3. The van der Waals surface area contributed by atoms with E-state index in [4.69, 9.17) is 10.2 Å². The first kappa shape index (κ1) is 5.84. The molecule has 0 saturated heterocycles. The minimum absolute atomic E-state index is 0.462. The minimum atomic E-state index is -1.23. The van der Waals surface area contributed by atoms with Crippen LogP contribution >= 0.6 is 0 Å². The summed E-state index contributed by atoms with van der Waals surface area (Å²) in [4.78, 5) is 3.70. The summed E-state index contributed by atoms with van der Waals surface area (Å²) in [7, 11) is 0. The van der Waals surface area contributed by atoms with Crippen LogP contribution in [0.5, 0.6) is 0 Å². The van der Waals surface area contributed by atoms with Gasteiger partial charge in [0.1, 0.15) is 0 Å². The summed E-state index contributed by atoms with van der Waals surface area (Å²) in [6.07, 6.45) is -1.23. The highest BCUT2D eigenvalue weighted by molar-refractivity contribution is 4.24. The molecule has 0 rings (SSSR count). The van der Waals surface area contributed by atoms with Crippen molar-refractivity contribution in [1.82, 2.24) is 0 Å². The van der Waals surface area contributed by atoms with Crippen molar-refractivity contribution in [2.75, 3.05) is 6.61 Å². The van der Waals surface area contributed by atoms with Crippen LogP contribution in [0.3, 0.4) is 0 Å². The van der Waals surface area contributed by atoms with Gasteiger partial charge in [-0.15, -0.1) is 0 Å². The Morgan fingerprint density at radius 3 is 2.33 bits per heavy atom. The van der Waals surface area contributed by atoms with Crippen molar-refractivity contribution in [3.05, 3.63) is 0 Å². The highest BCUT2D eigenvalue weighted by Crippen LogP contribution is 1.71. The van der Waals surface area contributed by atoms with Crippen LogP contribution in [0.1, 0.15) is 0 Å². The Morgan fingerprint density at radius 1 is 1.83 bits per heavy atom. The molecule has 38 valence electrons. The molecule has 1 unspecified atom stereocenters. The van der Waals surface area contributed by atoms with Gasteiger partial charge in [0.25, 0.3) is 0 Å². The van der Waals surface area contributed by atoms with Crippen LogP contribution < -0.4 is 5.90 Å². The summed E-state index contributed by atoms with van der Waals surface area (Å²) in [5.41, 5.74) is 0. The third kappa shape index (κ3) is 2.10. The van der Waals surface area contributed by atoms with E-state index in [0.717, 1.165) is 0 Å². The van der Waals surface area contributed by atoms with Crippen molar-refractivity contribution in [3.8, 4) is 0 Å². The fourth-order valence-corrected chi connectivity index (χ4v) is 0.0430.